The maximum atomic E-state index is 6.15. The van der Waals surface area contributed by atoms with Gasteiger partial charge in [-0.3, -0.25) is 0 Å². The van der Waals surface area contributed by atoms with Gasteiger partial charge in [0, 0.05) is 30.9 Å². The lowest BCUT2D eigenvalue weighted by Crippen LogP contribution is -2.37. The van der Waals surface area contributed by atoms with E-state index in [0.29, 0.717) is 6.04 Å². The normalized spacial score (nSPS) is 22.2. The van der Waals surface area contributed by atoms with Crippen LogP contribution in [0.15, 0.2) is 18.2 Å². The highest BCUT2D eigenvalue weighted by atomic mass is 35.5. The highest BCUT2D eigenvalue weighted by Crippen LogP contribution is 2.29. The van der Waals surface area contributed by atoms with E-state index in [2.05, 4.69) is 43.2 Å². The van der Waals surface area contributed by atoms with Crippen LogP contribution in [0.5, 0.6) is 0 Å². The second-order valence-corrected chi connectivity index (χ2v) is 5.93. The van der Waals surface area contributed by atoms with Gasteiger partial charge in [-0.2, -0.15) is 0 Å². The third-order valence-electron chi connectivity index (χ3n) is 4.00. The topological polar surface area (TPSA) is 24.5 Å². The summed E-state index contributed by atoms with van der Waals surface area (Å²) in [6, 6.07) is 6.60. The number of ether oxygens (including phenoxy) is 1. The molecule has 0 aliphatic carbocycles. The van der Waals surface area contributed by atoms with Crippen LogP contribution in [-0.4, -0.2) is 32.3 Å². The lowest BCUT2D eigenvalue weighted by atomic mass is 10.1. The predicted molar refractivity (Wildman–Crippen MR) is 85.7 cm³/mol. The summed E-state index contributed by atoms with van der Waals surface area (Å²) in [4.78, 5) is 2.34. The molecule has 2 unspecified atom stereocenters. The van der Waals surface area contributed by atoms with Gasteiger partial charge in [0.05, 0.1) is 12.1 Å². The van der Waals surface area contributed by atoms with E-state index in [0.717, 1.165) is 37.6 Å². The Morgan fingerprint density at radius 2 is 2.25 bits per heavy atom. The van der Waals surface area contributed by atoms with E-state index in [9.17, 15) is 0 Å². The maximum Gasteiger partial charge on any atom is 0.0750 e. The Morgan fingerprint density at radius 3 is 2.90 bits per heavy atom. The van der Waals surface area contributed by atoms with Gasteiger partial charge in [-0.1, -0.05) is 18.5 Å². The number of benzene rings is 1. The van der Waals surface area contributed by atoms with Crippen molar-refractivity contribution in [2.75, 3.05) is 25.1 Å². The molecular formula is C16H25ClN2O. The minimum Gasteiger partial charge on any atom is -0.376 e. The summed E-state index contributed by atoms with van der Waals surface area (Å²) < 4.78 is 5.69. The molecule has 1 aliphatic rings. The standard InChI is InChI=1S/C16H25ClN2O/c1-4-8-18-11-13-10-14(17)5-6-16(13)19(3)15-7-9-20-12(15)2/h5-6,10,12,15,18H,4,7-9,11H2,1-3H3. The molecule has 1 aliphatic heterocycles. The van der Waals surface area contributed by atoms with Crippen LogP contribution < -0.4 is 10.2 Å². The Labute approximate surface area is 127 Å². The van der Waals surface area contributed by atoms with Crippen molar-refractivity contribution in [2.45, 2.75) is 45.4 Å². The van der Waals surface area contributed by atoms with Crippen molar-refractivity contribution in [3.63, 3.8) is 0 Å². The molecule has 0 aromatic heterocycles. The Morgan fingerprint density at radius 1 is 1.45 bits per heavy atom. The van der Waals surface area contributed by atoms with Gasteiger partial charge in [-0.25, -0.2) is 0 Å². The van der Waals surface area contributed by atoms with E-state index in [1.54, 1.807) is 0 Å². The van der Waals surface area contributed by atoms with E-state index in [1.807, 2.05) is 6.07 Å². The average Bonchev–Trinajstić information content (AvgIpc) is 2.85. The molecule has 0 radical (unpaired) electrons. The predicted octanol–water partition coefficient (Wildman–Crippen LogP) is 3.45. The number of anilines is 1. The molecule has 1 fully saturated rings. The van der Waals surface area contributed by atoms with Gasteiger partial charge < -0.3 is 15.0 Å². The van der Waals surface area contributed by atoms with Gasteiger partial charge in [0.2, 0.25) is 0 Å². The fourth-order valence-corrected chi connectivity index (χ4v) is 3.04. The van der Waals surface area contributed by atoms with Crippen LogP contribution >= 0.6 is 11.6 Å². The molecule has 20 heavy (non-hydrogen) atoms. The SMILES string of the molecule is CCCNCc1cc(Cl)ccc1N(C)C1CCOC1C. The van der Waals surface area contributed by atoms with Gasteiger partial charge in [0.15, 0.2) is 0 Å². The minimum atomic E-state index is 0.284. The van der Waals surface area contributed by atoms with Crippen LogP contribution in [0, 0.1) is 0 Å². The molecule has 1 heterocycles. The number of nitrogens with zero attached hydrogens (tertiary/aromatic N) is 1. The Kier molecular flexibility index (Phi) is 5.70. The third-order valence-corrected chi connectivity index (χ3v) is 4.23. The zero-order valence-corrected chi connectivity index (χ0v) is 13.4. The summed E-state index contributed by atoms with van der Waals surface area (Å²) in [6.07, 6.45) is 2.51. The molecule has 4 heteroatoms. The lowest BCUT2D eigenvalue weighted by Gasteiger charge is -2.30. The Hall–Kier alpha value is -0.770. The number of likely N-dealkylation sites (N-methyl/N-ethyl adjacent to an activating group) is 1. The zero-order chi connectivity index (χ0) is 14.5. The fourth-order valence-electron chi connectivity index (χ4n) is 2.85. The number of halogens is 1. The molecule has 1 saturated heterocycles. The number of nitrogens with one attached hydrogen (secondary N) is 1. The van der Waals surface area contributed by atoms with Crippen molar-refractivity contribution in [2.24, 2.45) is 0 Å². The number of rotatable bonds is 6. The van der Waals surface area contributed by atoms with Crippen molar-refractivity contribution < 1.29 is 4.74 Å². The van der Waals surface area contributed by atoms with Gasteiger partial charge in [0.1, 0.15) is 0 Å². The van der Waals surface area contributed by atoms with Crippen LogP contribution in [-0.2, 0) is 11.3 Å². The van der Waals surface area contributed by atoms with E-state index < -0.39 is 0 Å². The van der Waals surface area contributed by atoms with Gasteiger partial charge in [0.25, 0.3) is 0 Å². The minimum absolute atomic E-state index is 0.284. The molecule has 2 rings (SSSR count). The highest BCUT2D eigenvalue weighted by molar-refractivity contribution is 6.30. The second kappa shape index (κ2) is 7.30. The molecule has 0 saturated carbocycles. The fraction of sp³-hybridized carbons (Fsp3) is 0.625. The van der Waals surface area contributed by atoms with Crippen LogP contribution in [0.3, 0.4) is 0 Å². The smallest absolute Gasteiger partial charge is 0.0750 e. The summed E-state index contributed by atoms with van der Waals surface area (Å²) in [7, 11) is 2.16. The van der Waals surface area contributed by atoms with Crippen molar-refractivity contribution >= 4 is 17.3 Å². The van der Waals surface area contributed by atoms with Crippen molar-refractivity contribution in [3.8, 4) is 0 Å². The first kappa shape index (κ1) is 15.6. The maximum absolute atomic E-state index is 6.15. The first-order valence-corrected chi connectivity index (χ1v) is 7.85. The lowest BCUT2D eigenvalue weighted by molar-refractivity contribution is 0.118. The first-order chi connectivity index (χ1) is 9.63. The molecule has 1 aromatic carbocycles. The number of hydrogen-bond donors (Lipinski definition) is 1. The summed E-state index contributed by atoms with van der Waals surface area (Å²) in [5.74, 6) is 0. The van der Waals surface area contributed by atoms with Crippen LogP contribution in [0.2, 0.25) is 5.02 Å². The third kappa shape index (κ3) is 3.66. The first-order valence-electron chi connectivity index (χ1n) is 7.47. The van der Waals surface area contributed by atoms with E-state index in [4.69, 9.17) is 16.3 Å². The molecule has 0 amide bonds. The molecule has 3 nitrogen and oxygen atoms in total. The molecule has 2 atom stereocenters. The summed E-state index contributed by atoms with van der Waals surface area (Å²) in [6.45, 7) is 7.07. The van der Waals surface area contributed by atoms with Crippen LogP contribution in [0.4, 0.5) is 5.69 Å². The van der Waals surface area contributed by atoms with E-state index in [1.165, 1.54) is 11.3 Å². The molecule has 0 spiro atoms. The molecule has 1 N–H and O–H groups in total. The average molecular weight is 297 g/mol. The zero-order valence-electron chi connectivity index (χ0n) is 12.7. The largest absolute Gasteiger partial charge is 0.376 e. The van der Waals surface area contributed by atoms with Gasteiger partial charge in [-0.05, 0) is 50.1 Å². The molecule has 0 bridgehead atoms. The van der Waals surface area contributed by atoms with E-state index in [-0.39, 0.29) is 6.10 Å². The Bertz CT molecular complexity index is 438. The second-order valence-electron chi connectivity index (χ2n) is 5.49. The molecular weight excluding hydrogens is 272 g/mol. The highest BCUT2D eigenvalue weighted by Gasteiger charge is 2.28. The quantitative estimate of drug-likeness (QED) is 0.814. The summed E-state index contributed by atoms with van der Waals surface area (Å²) in [5, 5.41) is 4.26. The monoisotopic (exact) mass is 296 g/mol. The summed E-state index contributed by atoms with van der Waals surface area (Å²) >= 11 is 6.15. The van der Waals surface area contributed by atoms with Crippen molar-refractivity contribution in [1.82, 2.24) is 5.32 Å². The summed E-state index contributed by atoms with van der Waals surface area (Å²) in [5.41, 5.74) is 2.51. The van der Waals surface area contributed by atoms with Crippen LogP contribution in [0.25, 0.3) is 0 Å². The van der Waals surface area contributed by atoms with Gasteiger partial charge >= 0.3 is 0 Å². The number of hydrogen-bond acceptors (Lipinski definition) is 3. The molecule has 1 aromatic rings. The van der Waals surface area contributed by atoms with Crippen molar-refractivity contribution in [3.05, 3.63) is 28.8 Å². The van der Waals surface area contributed by atoms with E-state index >= 15 is 0 Å². The Balaban J connectivity index is 2.16. The molecule has 112 valence electrons. The van der Waals surface area contributed by atoms with Crippen molar-refractivity contribution in [1.29, 1.82) is 0 Å². The van der Waals surface area contributed by atoms with Gasteiger partial charge in [-0.15, -0.1) is 0 Å². The van der Waals surface area contributed by atoms with Crippen LogP contribution in [0.1, 0.15) is 32.3 Å².